The Morgan fingerprint density at radius 2 is 1.75 bits per heavy atom. The van der Waals surface area contributed by atoms with Gasteiger partial charge in [-0.25, -0.2) is 8.42 Å². The van der Waals surface area contributed by atoms with E-state index in [4.69, 9.17) is 5.73 Å². The summed E-state index contributed by atoms with van der Waals surface area (Å²) in [4.78, 5) is 18.8. The van der Waals surface area contributed by atoms with E-state index in [1.807, 2.05) is 30.3 Å². The summed E-state index contributed by atoms with van der Waals surface area (Å²) in [6.07, 6.45) is 0.685. The summed E-state index contributed by atoms with van der Waals surface area (Å²) < 4.78 is 26.7. The van der Waals surface area contributed by atoms with Crippen LogP contribution in [0, 0.1) is 0 Å². The minimum atomic E-state index is -3.61. The number of halogens is 1. The molecule has 0 radical (unpaired) electrons. The fourth-order valence-corrected chi connectivity index (χ4v) is 4.13. The topological polar surface area (TPSA) is 105 Å². The molecule has 28 heavy (non-hydrogen) atoms. The lowest BCUT2D eigenvalue weighted by Gasteiger charge is -2.22. The average molecular weight is 423 g/mol. The number of rotatable bonds is 7. The normalized spacial score (nSPS) is 15.4. The van der Waals surface area contributed by atoms with Gasteiger partial charge >= 0.3 is 0 Å². The van der Waals surface area contributed by atoms with Crippen molar-refractivity contribution in [3.8, 4) is 0 Å². The zero-order chi connectivity index (χ0) is 19.3. The van der Waals surface area contributed by atoms with Gasteiger partial charge in [0.15, 0.2) is 0 Å². The molecule has 7 nitrogen and oxygen atoms in total. The number of nitrogens with two attached hydrogens (primary N) is 1. The molecule has 2 aromatic rings. The summed E-state index contributed by atoms with van der Waals surface area (Å²) in [6, 6.07) is 16.3. The zero-order valence-corrected chi connectivity index (χ0v) is 16.9. The van der Waals surface area contributed by atoms with Crippen LogP contribution < -0.4 is 10.5 Å². The van der Waals surface area contributed by atoms with Gasteiger partial charge in [-0.1, -0.05) is 42.5 Å². The molecular formula is C19H23ClN4O3S. The highest BCUT2D eigenvalue weighted by molar-refractivity contribution is 7.90. The maximum absolute atomic E-state index is 12.7. The van der Waals surface area contributed by atoms with Crippen LogP contribution in [-0.2, 0) is 21.4 Å². The first-order valence-corrected chi connectivity index (χ1v) is 10.2. The molecule has 1 aliphatic heterocycles. The van der Waals surface area contributed by atoms with Crippen LogP contribution in [0.4, 0.5) is 0 Å². The lowest BCUT2D eigenvalue weighted by molar-refractivity contribution is -0.130. The minimum absolute atomic E-state index is 0. The first-order chi connectivity index (χ1) is 13.0. The summed E-state index contributed by atoms with van der Waals surface area (Å²) in [5.41, 5.74) is 7.09. The van der Waals surface area contributed by atoms with E-state index in [1.165, 1.54) is 6.07 Å². The van der Waals surface area contributed by atoms with E-state index in [9.17, 15) is 13.2 Å². The Labute approximate surface area is 171 Å². The summed E-state index contributed by atoms with van der Waals surface area (Å²) in [7, 11) is -3.61. The number of amidine groups is 1. The summed E-state index contributed by atoms with van der Waals surface area (Å²) in [6.45, 7) is 1.34. The summed E-state index contributed by atoms with van der Waals surface area (Å²) in [5.74, 6) is 0.0285. The van der Waals surface area contributed by atoms with Crippen molar-refractivity contribution in [1.29, 1.82) is 0 Å². The molecule has 0 aromatic heterocycles. The smallest absolute Gasteiger partial charge is 0.263 e. The molecule has 3 N–H and O–H groups in total. The third kappa shape index (κ3) is 5.09. The molecule has 3 rings (SSSR count). The highest BCUT2D eigenvalue weighted by Gasteiger charge is 2.30. The number of carbonyl (C=O) groups excluding carboxylic acids is 1. The van der Waals surface area contributed by atoms with Crippen molar-refractivity contribution in [3.63, 3.8) is 0 Å². The van der Waals surface area contributed by atoms with E-state index in [2.05, 4.69) is 9.71 Å². The Kier molecular flexibility index (Phi) is 7.56. The van der Waals surface area contributed by atoms with Gasteiger partial charge in [0, 0.05) is 18.7 Å². The third-order valence-electron chi connectivity index (χ3n) is 4.24. The van der Waals surface area contributed by atoms with Crippen LogP contribution in [0.5, 0.6) is 0 Å². The molecule has 0 saturated carbocycles. The van der Waals surface area contributed by atoms with Crippen LogP contribution in [0.3, 0.4) is 0 Å². The molecule has 1 aliphatic rings. The molecule has 0 unspecified atom stereocenters. The van der Waals surface area contributed by atoms with Gasteiger partial charge < -0.3 is 10.6 Å². The predicted molar refractivity (Wildman–Crippen MR) is 111 cm³/mol. The Morgan fingerprint density at radius 3 is 2.46 bits per heavy atom. The second-order valence-corrected chi connectivity index (χ2v) is 7.86. The van der Waals surface area contributed by atoms with Crippen molar-refractivity contribution in [2.45, 2.75) is 17.9 Å². The number of aliphatic imine (C=N–C) groups is 1. The molecule has 0 atom stereocenters. The Balaban J connectivity index is 0.00000280. The standard InChI is InChI=1S/C19H22N4O3S.ClH/c20-11-6-12-23(14-15-7-2-1-3-8-15)18(24)13-21-19-16-9-4-5-10-17(16)27(25,26)22-19;/h1-5,7-10H,6,11-14,20H2,(H,21,22);1H. The van der Waals surface area contributed by atoms with Gasteiger partial charge in [-0.2, -0.15) is 0 Å². The molecule has 0 fully saturated rings. The Hall–Kier alpha value is -2.42. The van der Waals surface area contributed by atoms with Gasteiger partial charge in [-0.05, 0) is 30.7 Å². The molecule has 1 amide bonds. The monoisotopic (exact) mass is 422 g/mol. The largest absolute Gasteiger partial charge is 0.337 e. The van der Waals surface area contributed by atoms with E-state index in [1.54, 1.807) is 23.1 Å². The van der Waals surface area contributed by atoms with Crippen molar-refractivity contribution >= 4 is 34.2 Å². The molecule has 0 bridgehead atoms. The van der Waals surface area contributed by atoms with Crippen molar-refractivity contribution < 1.29 is 13.2 Å². The van der Waals surface area contributed by atoms with Gasteiger partial charge in [0.1, 0.15) is 12.4 Å². The first-order valence-electron chi connectivity index (χ1n) is 8.69. The highest BCUT2D eigenvalue weighted by Crippen LogP contribution is 2.22. The van der Waals surface area contributed by atoms with E-state index < -0.39 is 10.0 Å². The first kappa shape index (κ1) is 21.9. The molecule has 0 aliphatic carbocycles. The van der Waals surface area contributed by atoms with Gasteiger partial charge in [0.2, 0.25) is 5.91 Å². The predicted octanol–water partition coefficient (Wildman–Crippen LogP) is 1.52. The van der Waals surface area contributed by atoms with Crippen molar-refractivity contribution in [2.24, 2.45) is 10.7 Å². The van der Waals surface area contributed by atoms with Crippen LogP contribution in [0.25, 0.3) is 0 Å². The van der Waals surface area contributed by atoms with E-state index in [0.717, 1.165) is 5.56 Å². The maximum atomic E-state index is 12.7. The van der Waals surface area contributed by atoms with Gasteiger partial charge in [-0.15, -0.1) is 12.4 Å². The maximum Gasteiger partial charge on any atom is 0.263 e. The fraction of sp³-hybridized carbons (Fsp3) is 0.263. The summed E-state index contributed by atoms with van der Waals surface area (Å²) >= 11 is 0. The number of fused-ring (bicyclic) bond motifs is 1. The fourth-order valence-electron chi connectivity index (χ4n) is 2.88. The van der Waals surface area contributed by atoms with Gasteiger partial charge in [0.25, 0.3) is 10.0 Å². The SMILES string of the molecule is Cl.NCCCN(Cc1ccccc1)C(=O)CN=C1NS(=O)(=O)c2ccccc21. The zero-order valence-electron chi connectivity index (χ0n) is 15.2. The second kappa shape index (κ2) is 9.68. The van der Waals surface area contributed by atoms with Crippen LogP contribution in [-0.4, -0.2) is 44.7 Å². The quantitative estimate of drug-likeness (QED) is 0.705. The van der Waals surface area contributed by atoms with Crippen LogP contribution in [0.2, 0.25) is 0 Å². The Morgan fingerprint density at radius 1 is 1.07 bits per heavy atom. The van der Waals surface area contributed by atoms with Crippen molar-refractivity contribution in [2.75, 3.05) is 19.6 Å². The van der Waals surface area contributed by atoms with Crippen molar-refractivity contribution in [3.05, 3.63) is 65.7 Å². The van der Waals surface area contributed by atoms with Crippen LogP contribution >= 0.6 is 12.4 Å². The molecule has 2 aromatic carbocycles. The van der Waals surface area contributed by atoms with Crippen LogP contribution in [0.15, 0.2) is 64.5 Å². The van der Waals surface area contributed by atoms with E-state index in [-0.39, 0.29) is 35.6 Å². The number of benzene rings is 2. The number of sulfonamides is 1. The molecule has 0 saturated heterocycles. The van der Waals surface area contributed by atoms with Gasteiger partial charge in [0.05, 0.1) is 4.90 Å². The number of nitrogens with zero attached hydrogens (tertiary/aromatic N) is 2. The number of hydrogen-bond acceptors (Lipinski definition) is 5. The number of hydrogen-bond donors (Lipinski definition) is 2. The number of carbonyl (C=O) groups is 1. The highest BCUT2D eigenvalue weighted by atomic mass is 35.5. The number of amides is 1. The second-order valence-electron chi connectivity index (χ2n) is 6.21. The van der Waals surface area contributed by atoms with Crippen molar-refractivity contribution in [1.82, 2.24) is 9.62 Å². The third-order valence-corrected chi connectivity index (χ3v) is 5.63. The van der Waals surface area contributed by atoms with E-state index >= 15 is 0 Å². The van der Waals surface area contributed by atoms with E-state index in [0.29, 0.717) is 31.6 Å². The van der Waals surface area contributed by atoms with Gasteiger partial charge in [-0.3, -0.25) is 14.5 Å². The molecular weight excluding hydrogens is 400 g/mol. The Bertz CT molecular complexity index is 949. The van der Waals surface area contributed by atoms with Crippen LogP contribution in [0.1, 0.15) is 17.5 Å². The lowest BCUT2D eigenvalue weighted by atomic mass is 10.2. The molecule has 150 valence electrons. The lowest BCUT2D eigenvalue weighted by Crippen LogP contribution is -2.35. The summed E-state index contributed by atoms with van der Waals surface area (Å²) in [5, 5.41) is 0. The average Bonchev–Trinajstić information content (AvgIpc) is 2.95. The molecule has 0 spiro atoms. The number of nitrogens with one attached hydrogen (secondary N) is 1. The molecule has 1 heterocycles. The molecule has 9 heteroatoms. The minimum Gasteiger partial charge on any atom is -0.337 e.